The van der Waals surface area contributed by atoms with Crippen LogP contribution in [0.25, 0.3) is 0 Å². The smallest absolute Gasteiger partial charge is 0.239 e. The second-order valence-corrected chi connectivity index (χ2v) is 6.38. The van der Waals surface area contributed by atoms with Crippen LogP contribution in [0, 0.1) is 0 Å². The van der Waals surface area contributed by atoms with Gasteiger partial charge in [-0.1, -0.05) is 23.7 Å². The number of benzene rings is 1. The van der Waals surface area contributed by atoms with E-state index in [0.717, 1.165) is 5.56 Å². The summed E-state index contributed by atoms with van der Waals surface area (Å²) < 4.78 is 22.3. The molecular formula is C13H14ClN3O2S. The van der Waals surface area contributed by atoms with Gasteiger partial charge in [0.15, 0.2) is 0 Å². The fourth-order valence-corrected chi connectivity index (χ4v) is 2.29. The number of nitrogens with two attached hydrogens (primary N) is 1. The first-order valence-electron chi connectivity index (χ1n) is 5.81. The fraction of sp³-hybridized carbons (Fsp3) is 0.154. The average molecular weight is 312 g/mol. The maximum atomic E-state index is 11.1. The summed E-state index contributed by atoms with van der Waals surface area (Å²) in [6.07, 6.45) is 1.25. The van der Waals surface area contributed by atoms with Crippen LogP contribution >= 0.6 is 11.6 Å². The molecule has 2 N–H and O–H groups in total. The maximum Gasteiger partial charge on any atom is 0.239 e. The van der Waals surface area contributed by atoms with E-state index in [1.807, 2.05) is 36.2 Å². The minimum atomic E-state index is -3.70. The molecule has 0 radical (unpaired) electrons. The standard InChI is InChI=1S/C13H14ClN3O2S/c1-17(9-10-2-4-11(14)5-3-10)13-7-6-12(8-16-13)20(15,18)19/h2-8H,9H2,1H3,(H2,15,18,19). The Labute approximate surface area is 123 Å². The van der Waals surface area contributed by atoms with Gasteiger partial charge in [-0.2, -0.15) is 0 Å². The molecule has 0 aliphatic rings. The van der Waals surface area contributed by atoms with E-state index in [-0.39, 0.29) is 4.90 Å². The highest BCUT2D eigenvalue weighted by Gasteiger charge is 2.09. The van der Waals surface area contributed by atoms with Crippen LogP contribution in [-0.2, 0) is 16.6 Å². The quantitative estimate of drug-likeness (QED) is 0.937. The number of primary sulfonamides is 1. The Bertz CT molecular complexity index is 685. The molecule has 20 heavy (non-hydrogen) atoms. The lowest BCUT2D eigenvalue weighted by atomic mass is 10.2. The lowest BCUT2D eigenvalue weighted by Gasteiger charge is -2.18. The molecular weight excluding hydrogens is 298 g/mol. The lowest BCUT2D eigenvalue weighted by molar-refractivity contribution is 0.597. The minimum Gasteiger partial charge on any atom is -0.355 e. The zero-order valence-corrected chi connectivity index (χ0v) is 12.4. The summed E-state index contributed by atoms with van der Waals surface area (Å²) in [5.41, 5.74) is 1.08. The molecule has 2 aromatic rings. The summed E-state index contributed by atoms with van der Waals surface area (Å²) in [7, 11) is -1.84. The molecule has 1 heterocycles. The summed E-state index contributed by atoms with van der Waals surface area (Å²) >= 11 is 5.83. The molecule has 0 atom stereocenters. The first-order chi connectivity index (χ1) is 9.36. The van der Waals surface area contributed by atoms with Gasteiger partial charge in [-0.25, -0.2) is 18.5 Å². The van der Waals surface area contributed by atoms with Gasteiger partial charge < -0.3 is 4.90 Å². The van der Waals surface area contributed by atoms with Crippen LogP contribution in [0.1, 0.15) is 5.56 Å². The molecule has 5 nitrogen and oxygen atoms in total. The van der Waals surface area contributed by atoms with E-state index in [2.05, 4.69) is 4.98 Å². The van der Waals surface area contributed by atoms with Gasteiger partial charge in [-0.05, 0) is 29.8 Å². The fourth-order valence-electron chi connectivity index (χ4n) is 1.71. The normalized spacial score (nSPS) is 11.3. The molecule has 0 unspecified atom stereocenters. The number of pyridine rings is 1. The second kappa shape index (κ2) is 5.78. The van der Waals surface area contributed by atoms with E-state index >= 15 is 0 Å². The van der Waals surface area contributed by atoms with Gasteiger partial charge in [0.05, 0.1) is 0 Å². The molecule has 1 aromatic heterocycles. The maximum absolute atomic E-state index is 11.1. The van der Waals surface area contributed by atoms with Gasteiger partial charge in [0, 0.05) is 24.8 Å². The van der Waals surface area contributed by atoms with Crippen LogP contribution in [0.15, 0.2) is 47.5 Å². The number of anilines is 1. The zero-order valence-electron chi connectivity index (χ0n) is 10.8. The van der Waals surface area contributed by atoms with E-state index < -0.39 is 10.0 Å². The predicted molar refractivity (Wildman–Crippen MR) is 79.2 cm³/mol. The molecule has 0 spiro atoms. The highest BCUT2D eigenvalue weighted by atomic mass is 35.5. The number of halogens is 1. The largest absolute Gasteiger partial charge is 0.355 e. The van der Waals surface area contributed by atoms with Crippen LogP contribution in [0.2, 0.25) is 5.02 Å². The van der Waals surface area contributed by atoms with Crippen LogP contribution in [0.5, 0.6) is 0 Å². The van der Waals surface area contributed by atoms with Gasteiger partial charge >= 0.3 is 0 Å². The van der Waals surface area contributed by atoms with Crippen molar-refractivity contribution in [1.82, 2.24) is 4.98 Å². The number of sulfonamides is 1. The molecule has 0 bridgehead atoms. The van der Waals surface area contributed by atoms with Gasteiger partial charge in [0.25, 0.3) is 0 Å². The van der Waals surface area contributed by atoms with Crippen LogP contribution in [-0.4, -0.2) is 20.4 Å². The average Bonchev–Trinajstić information content (AvgIpc) is 2.40. The summed E-state index contributed by atoms with van der Waals surface area (Å²) in [6.45, 7) is 0.638. The van der Waals surface area contributed by atoms with E-state index in [0.29, 0.717) is 17.4 Å². The third kappa shape index (κ3) is 3.69. The number of hydrogen-bond donors (Lipinski definition) is 1. The molecule has 0 saturated heterocycles. The van der Waals surface area contributed by atoms with Gasteiger partial charge in [-0.15, -0.1) is 0 Å². The molecule has 1 aromatic carbocycles. The molecule has 0 aliphatic carbocycles. The minimum absolute atomic E-state index is 0.00106. The highest BCUT2D eigenvalue weighted by Crippen LogP contribution is 2.16. The topological polar surface area (TPSA) is 76.3 Å². The summed E-state index contributed by atoms with van der Waals surface area (Å²) in [6, 6.07) is 10.6. The summed E-state index contributed by atoms with van der Waals surface area (Å²) in [4.78, 5) is 6.00. The molecule has 0 aliphatic heterocycles. The number of aromatic nitrogens is 1. The molecule has 7 heteroatoms. The SMILES string of the molecule is CN(Cc1ccc(Cl)cc1)c1ccc(S(N)(=O)=O)cn1. The van der Waals surface area contributed by atoms with Gasteiger partial charge in [-0.3, -0.25) is 0 Å². The first kappa shape index (κ1) is 14.8. The predicted octanol–water partition coefficient (Wildman–Crippen LogP) is 2.02. The van der Waals surface area contributed by atoms with Crippen molar-refractivity contribution in [2.75, 3.05) is 11.9 Å². The van der Waals surface area contributed by atoms with Crippen molar-refractivity contribution < 1.29 is 8.42 Å². The van der Waals surface area contributed by atoms with Crippen LogP contribution < -0.4 is 10.0 Å². The third-order valence-corrected chi connectivity index (χ3v) is 3.92. The second-order valence-electron chi connectivity index (χ2n) is 4.38. The van der Waals surface area contributed by atoms with Gasteiger partial charge in [0.1, 0.15) is 10.7 Å². The highest BCUT2D eigenvalue weighted by molar-refractivity contribution is 7.89. The van der Waals surface area contributed by atoms with Crippen molar-refractivity contribution in [3.05, 3.63) is 53.2 Å². The molecule has 2 rings (SSSR count). The molecule has 0 saturated carbocycles. The molecule has 0 fully saturated rings. The van der Waals surface area contributed by atoms with Crippen molar-refractivity contribution in [3.63, 3.8) is 0 Å². The monoisotopic (exact) mass is 311 g/mol. The van der Waals surface area contributed by atoms with Crippen molar-refractivity contribution in [2.24, 2.45) is 5.14 Å². The Morgan fingerprint density at radius 3 is 2.35 bits per heavy atom. The first-order valence-corrected chi connectivity index (χ1v) is 7.73. The zero-order chi connectivity index (χ0) is 14.8. The number of rotatable bonds is 4. The van der Waals surface area contributed by atoms with Crippen LogP contribution in [0.4, 0.5) is 5.82 Å². The number of hydrogen-bond acceptors (Lipinski definition) is 4. The third-order valence-electron chi connectivity index (χ3n) is 2.77. The Morgan fingerprint density at radius 1 is 1.20 bits per heavy atom. The Balaban J connectivity index is 2.13. The molecule has 0 amide bonds. The van der Waals surface area contributed by atoms with Gasteiger partial charge in [0.2, 0.25) is 10.0 Å². The summed E-state index contributed by atoms with van der Waals surface area (Å²) in [5, 5.41) is 5.71. The van der Waals surface area contributed by atoms with Crippen molar-refractivity contribution in [1.29, 1.82) is 0 Å². The number of nitrogens with zero attached hydrogens (tertiary/aromatic N) is 2. The van der Waals surface area contributed by atoms with E-state index in [4.69, 9.17) is 16.7 Å². The Hall–Kier alpha value is -1.63. The van der Waals surface area contributed by atoms with Crippen LogP contribution in [0.3, 0.4) is 0 Å². The van der Waals surface area contributed by atoms with E-state index in [9.17, 15) is 8.42 Å². The van der Waals surface area contributed by atoms with E-state index in [1.165, 1.54) is 12.3 Å². The Kier molecular flexibility index (Phi) is 4.27. The molecule has 106 valence electrons. The van der Waals surface area contributed by atoms with Crippen molar-refractivity contribution in [3.8, 4) is 0 Å². The van der Waals surface area contributed by atoms with Crippen molar-refractivity contribution >= 4 is 27.4 Å². The summed E-state index contributed by atoms with van der Waals surface area (Å²) in [5.74, 6) is 0.660. The van der Waals surface area contributed by atoms with Crippen molar-refractivity contribution in [2.45, 2.75) is 11.4 Å². The lowest BCUT2D eigenvalue weighted by Crippen LogP contribution is -2.18. The Morgan fingerprint density at radius 2 is 1.85 bits per heavy atom. The van der Waals surface area contributed by atoms with E-state index in [1.54, 1.807) is 6.07 Å².